The Hall–Kier alpha value is -0.340. The summed E-state index contributed by atoms with van der Waals surface area (Å²) in [6.07, 6.45) is 5.35. The molecule has 2 rings (SSSR count). The van der Waals surface area contributed by atoms with Crippen molar-refractivity contribution in [1.82, 2.24) is 5.32 Å². The van der Waals surface area contributed by atoms with Crippen molar-refractivity contribution in [3.8, 4) is 0 Å². The molecule has 1 nitrogen and oxygen atoms in total. The largest absolute Gasteiger partial charge is 0.313 e. The van der Waals surface area contributed by atoms with Gasteiger partial charge in [-0.3, -0.25) is 0 Å². The van der Waals surface area contributed by atoms with Crippen LogP contribution >= 0.6 is 11.3 Å². The van der Waals surface area contributed by atoms with Gasteiger partial charge in [-0.1, -0.05) is 26.3 Å². The van der Waals surface area contributed by atoms with Crippen LogP contribution < -0.4 is 5.32 Å². The van der Waals surface area contributed by atoms with Gasteiger partial charge in [0.25, 0.3) is 0 Å². The molecule has 1 aliphatic carbocycles. The fourth-order valence-electron chi connectivity index (χ4n) is 2.95. The predicted molar refractivity (Wildman–Crippen MR) is 72.0 cm³/mol. The predicted octanol–water partition coefficient (Wildman–Crippen LogP) is 3.70. The summed E-state index contributed by atoms with van der Waals surface area (Å²) < 4.78 is 0. The highest BCUT2D eigenvalue weighted by Gasteiger charge is 2.30. The molecule has 0 aliphatic heterocycles. The van der Waals surface area contributed by atoms with Crippen molar-refractivity contribution in [2.24, 2.45) is 11.8 Å². The number of nitrogens with one attached hydrogen (secondary N) is 1. The van der Waals surface area contributed by atoms with E-state index in [1.54, 1.807) is 0 Å². The standard InChI is InChI=1S/C14H23NS/c1-3-12-6-7-14(11(12)2)15-9-8-13-5-4-10-16-13/h4-5,10-12,14-15H,3,6-9H2,1-2H3. The summed E-state index contributed by atoms with van der Waals surface area (Å²) in [5, 5.41) is 5.91. The van der Waals surface area contributed by atoms with Gasteiger partial charge in [0.2, 0.25) is 0 Å². The van der Waals surface area contributed by atoms with Crippen LogP contribution in [0.1, 0.15) is 38.0 Å². The first-order chi connectivity index (χ1) is 7.81. The summed E-state index contributed by atoms with van der Waals surface area (Å²) >= 11 is 1.87. The van der Waals surface area contributed by atoms with Crippen molar-refractivity contribution in [2.75, 3.05) is 6.54 Å². The van der Waals surface area contributed by atoms with Gasteiger partial charge >= 0.3 is 0 Å². The SMILES string of the molecule is CCC1CCC(NCCc2cccs2)C1C. The molecule has 1 saturated carbocycles. The summed E-state index contributed by atoms with van der Waals surface area (Å²) in [5.41, 5.74) is 0. The smallest absolute Gasteiger partial charge is 0.00955 e. The fraction of sp³-hybridized carbons (Fsp3) is 0.714. The Labute approximate surface area is 103 Å². The first kappa shape index (κ1) is 12.1. The zero-order chi connectivity index (χ0) is 11.4. The van der Waals surface area contributed by atoms with Crippen LogP contribution in [-0.4, -0.2) is 12.6 Å². The maximum atomic E-state index is 3.74. The Morgan fingerprint density at radius 3 is 2.94 bits per heavy atom. The van der Waals surface area contributed by atoms with Gasteiger partial charge in [0.05, 0.1) is 0 Å². The molecular formula is C14H23NS. The number of hydrogen-bond acceptors (Lipinski definition) is 2. The average molecular weight is 237 g/mol. The zero-order valence-electron chi connectivity index (χ0n) is 10.4. The molecule has 1 aromatic heterocycles. The topological polar surface area (TPSA) is 12.0 Å². The normalized spacial score (nSPS) is 29.8. The van der Waals surface area contributed by atoms with Crippen LogP contribution in [0.5, 0.6) is 0 Å². The number of rotatable bonds is 5. The minimum Gasteiger partial charge on any atom is -0.313 e. The van der Waals surface area contributed by atoms with Crippen molar-refractivity contribution in [3.05, 3.63) is 22.4 Å². The Bertz CT molecular complexity index is 294. The minimum absolute atomic E-state index is 0.768. The van der Waals surface area contributed by atoms with Crippen LogP contribution in [0, 0.1) is 11.8 Å². The third kappa shape index (κ3) is 2.86. The zero-order valence-corrected chi connectivity index (χ0v) is 11.2. The summed E-state index contributed by atoms with van der Waals surface area (Å²) in [6.45, 7) is 5.89. The fourth-order valence-corrected chi connectivity index (χ4v) is 3.66. The van der Waals surface area contributed by atoms with Crippen molar-refractivity contribution >= 4 is 11.3 Å². The quantitative estimate of drug-likeness (QED) is 0.823. The van der Waals surface area contributed by atoms with Crippen molar-refractivity contribution in [2.45, 2.75) is 45.6 Å². The average Bonchev–Trinajstić information content (AvgIpc) is 2.90. The molecule has 1 fully saturated rings. The van der Waals surface area contributed by atoms with Crippen LogP contribution in [0.15, 0.2) is 17.5 Å². The van der Waals surface area contributed by atoms with E-state index < -0.39 is 0 Å². The van der Waals surface area contributed by atoms with Gasteiger partial charge in [-0.25, -0.2) is 0 Å². The lowest BCUT2D eigenvalue weighted by molar-refractivity contribution is 0.347. The van der Waals surface area contributed by atoms with E-state index in [1.165, 1.54) is 30.6 Å². The highest BCUT2D eigenvalue weighted by Crippen LogP contribution is 2.33. The van der Waals surface area contributed by atoms with E-state index >= 15 is 0 Å². The Morgan fingerprint density at radius 2 is 2.31 bits per heavy atom. The van der Waals surface area contributed by atoms with Gasteiger partial charge in [0.15, 0.2) is 0 Å². The van der Waals surface area contributed by atoms with Crippen LogP contribution in [0.4, 0.5) is 0 Å². The minimum atomic E-state index is 0.768. The molecule has 3 atom stereocenters. The Balaban J connectivity index is 1.71. The highest BCUT2D eigenvalue weighted by molar-refractivity contribution is 7.09. The molecule has 0 saturated heterocycles. The number of hydrogen-bond donors (Lipinski definition) is 1. The van der Waals surface area contributed by atoms with Gasteiger partial charge in [0.1, 0.15) is 0 Å². The molecule has 1 heterocycles. The summed E-state index contributed by atoms with van der Waals surface area (Å²) in [7, 11) is 0. The third-order valence-corrected chi connectivity index (χ3v) is 5.05. The molecule has 90 valence electrons. The van der Waals surface area contributed by atoms with E-state index in [1.807, 2.05) is 11.3 Å². The van der Waals surface area contributed by atoms with Crippen molar-refractivity contribution < 1.29 is 0 Å². The second-order valence-corrected chi connectivity index (χ2v) is 6.03. The second kappa shape index (κ2) is 5.83. The first-order valence-electron chi connectivity index (χ1n) is 6.57. The maximum absolute atomic E-state index is 3.74. The first-order valence-corrected chi connectivity index (χ1v) is 7.45. The van der Waals surface area contributed by atoms with Crippen molar-refractivity contribution in [3.63, 3.8) is 0 Å². The van der Waals surface area contributed by atoms with Crippen LogP contribution in [-0.2, 0) is 6.42 Å². The van der Waals surface area contributed by atoms with Gasteiger partial charge < -0.3 is 5.32 Å². The lowest BCUT2D eigenvalue weighted by Crippen LogP contribution is -2.34. The van der Waals surface area contributed by atoms with Crippen molar-refractivity contribution in [1.29, 1.82) is 0 Å². The van der Waals surface area contributed by atoms with Gasteiger partial charge in [-0.05, 0) is 42.5 Å². The molecule has 0 bridgehead atoms. The summed E-state index contributed by atoms with van der Waals surface area (Å²) in [6, 6.07) is 5.15. The van der Waals surface area contributed by atoms with Gasteiger partial charge in [-0.2, -0.15) is 0 Å². The molecule has 3 unspecified atom stereocenters. The Kier molecular flexibility index (Phi) is 4.42. The van der Waals surface area contributed by atoms with Gasteiger partial charge in [0, 0.05) is 17.5 Å². The summed E-state index contributed by atoms with van der Waals surface area (Å²) in [5.74, 6) is 1.83. The molecule has 0 radical (unpaired) electrons. The maximum Gasteiger partial charge on any atom is 0.00955 e. The molecule has 0 spiro atoms. The molecule has 16 heavy (non-hydrogen) atoms. The molecule has 1 aromatic rings. The monoisotopic (exact) mass is 237 g/mol. The summed E-state index contributed by atoms with van der Waals surface area (Å²) in [4.78, 5) is 1.50. The lowest BCUT2D eigenvalue weighted by atomic mass is 9.93. The molecule has 2 heteroatoms. The molecule has 1 aliphatic rings. The van der Waals surface area contributed by atoms with Crippen LogP contribution in [0.25, 0.3) is 0 Å². The van der Waals surface area contributed by atoms with Gasteiger partial charge in [-0.15, -0.1) is 11.3 Å². The highest BCUT2D eigenvalue weighted by atomic mass is 32.1. The molecular weight excluding hydrogens is 214 g/mol. The van der Waals surface area contributed by atoms with E-state index in [4.69, 9.17) is 0 Å². The third-order valence-electron chi connectivity index (χ3n) is 4.11. The molecule has 0 aromatic carbocycles. The van der Waals surface area contributed by atoms with Crippen LogP contribution in [0.3, 0.4) is 0 Å². The molecule has 1 N–H and O–H groups in total. The number of thiophene rings is 1. The van der Waals surface area contributed by atoms with E-state index in [0.29, 0.717) is 0 Å². The van der Waals surface area contributed by atoms with E-state index in [-0.39, 0.29) is 0 Å². The Morgan fingerprint density at radius 1 is 1.44 bits per heavy atom. The van der Waals surface area contributed by atoms with E-state index in [0.717, 1.165) is 24.4 Å². The lowest BCUT2D eigenvalue weighted by Gasteiger charge is -2.20. The van der Waals surface area contributed by atoms with E-state index in [2.05, 4.69) is 36.7 Å². The van der Waals surface area contributed by atoms with Crippen LogP contribution in [0.2, 0.25) is 0 Å². The second-order valence-electron chi connectivity index (χ2n) is 4.99. The van der Waals surface area contributed by atoms with E-state index in [9.17, 15) is 0 Å². The molecule has 0 amide bonds.